The molecule has 0 amide bonds. The Bertz CT molecular complexity index is 606. The number of hydrogen-bond acceptors (Lipinski definition) is 10. The predicted molar refractivity (Wildman–Crippen MR) is 77.1 cm³/mol. The van der Waals surface area contributed by atoms with Crippen LogP contribution in [0.2, 0.25) is 0 Å². The molecule has 0 radical (unpaired) electrons. The molecule has 1 saturated heterocycles. The minimum Gasteiger partial charge on any atom is -0.463 e. The van der Waals surface area contributed by atoms with Crippen LogP contribution in [-0.2, 0) is 38.1 Å². The van der Waals surface area contributed by atoms with Gasteiger partial charge in [0.1, 0.15) is 12.7 Å². The molecule has 25 heavy (non-hydrogen) atoms. The van der Waals surface area contributed by atoms with Crippen molar-refractivity contribution in [1.29, 1.82) is 10.5 Å². The van der Waals surface area contributed by atoms with Crippen LogP contribution in [0, 0.1) is 28.1 Å². The lowest BCUT2D eigenvalue weighted by molar-refractivity contribution is -0.294. The van der Waals surface area contributed by atoms with Crippen LogP contribution >= 0.6 is 0 Å². The summed E-state index contributed by atoms with van der Waals surface area (Å²) in [7, 11) is 1.22. The van der Waals surface area contributed by atoms with Gasteiger partial charge in [-0.1, -0.05) is 0 Å². The standard InChI is InChI=1S/C15H18N2O8/c1-8(18)22-5-11-12(23-9(2)19)15(6-16,7-17)13(24-10(3)20)14(21-4)25-11/h11-14H,5H2,1-4H3/t11-,12-,13+,14-/m1/s1. The van der Waals surface area contributed by atoms with Crippen molar-refractivity contribution >= 4 is 17.9 Å². The van der Waals surface area contributed by atoms with E-state index in [4.69, 9.17) is 23.7 Å². The van der Waals surface area contributed by atoms with Crippen molar-refractivity contribution in [2.24, 2.45) is 5.41 Å². The van der Waals surface area contributed by atoms with E-state index in [2.05, 4.69) is 0 Å². The van der Waals surface area contributed by atoms with Gasteiger partial charge in [-0.05, 0) is 0 Å². The zero-order chi connectivity index (χ0) is 19.2. The molecule has 1 aliphatic rings. The molecular formula is C15H18N2O8. The first-order chi connectivity index (χ1) is 11.7. The number of ether oxygens (including phenoxy) is 5. The summed E-state index contributed by atoms with van der Waals surface area (Å²) in [5.74, 6) is -2.22. The van der Waals surface area contributed by atoms with E-state index in [-0.39, 0.29) is 0 Å². The van der Waals surface area contributed by atoms with Crippen molar-refractivity contribution in [3.63, 3.8) is 0 Å². The van der Waals surface area contributed by atoms with Crippen LogP contribution in [-0.4, -0.2) is 56.2 Å². The van der Waals surface area contributed by atoms with E-state index < -0.39 is 54.5 Å². The van der Waals surface area contributed by atoms with Crippen molar-refractivity contribution in [3.8, 4) is 12.1 Å². The third kappa shape index (κ3) is 4.44. The highest BCUT2D eigenvalue weighted by Crippen LogP contribution is 2.41. The van der Waals surface area contributed by atoms with Crippen LogP contribution in [0.15, 0.2) is 0 Å². The number of rotatable bonds is 5. The zero-order valence-corrected chi connectivity index (χ0v) is 14.2. The maximum Gasteiger partial charge on any atom is 0.303 e. The summed E-state index contributed by atoms with van der Waals surface area (Å²) in [6.07, 6.45) is -5.45. The quantitative estimate of drug-likeness (QED) is 0.481. The Kier molecular flexibility index (Phi) is 6.86. The second kappa shape index (κ2) is 8.42. The molecule has 0 spiro atoms. The lowest BCUT2D eigenvalue weighted by Gasteiger charge is -2.45. The second-order valence-corrected chi connectivity index (χ2v) is 5.23. The first-order valence-corrected chi connectivity index (χ1v) is 7.20. The summed E-state index contributed by atoms with van der Waals surface area (Å²) < 4.78 is 25.6. The van der Waals surface area contributed by atoms with Crippen LogP contribution in [0.5, 0.6) is 0 Å². The van der Waals surface area contributed by atoms with Gasteiger partial charge in [-0.25, -0.2) is 0 Å². The fraction of sp³-hybridized carbons (Fsp3) is 0.667. The molecule has 10 nitrogen and oxygen atoms in total. The second-order valence-electron chi connectivity index (χ2n) is 5.23. The number of esters is 3. The summed E-state index contributed by atoms with van der Waals surface area (Å²) in [4.78, 5) is 33.9. The van der Waals surface area contributed by atoms with Crippen molar-refractivity contribution in [1.82, 2.24) is 0 Å². The van der Waals surface area contributed by atoms with E-state index in [0.717, 1.165) is 20.8 Å². The van der Waals surface area contributed by atoms with Gasteiger partial charge in [-0.3, -0.25) is 14.4 Å². The average Bonchev–Trinajstić information content (AvgIpc) is 2.53. The smallest absolute Gasteiger partial charge is 0.303 e. The Morgan fingerprint density at radius 3 is 1.92 bits per heavy atom. The van der Waals surface area contributed by atoms with Crippen LogP contribution < -0.4 is 0 Å². The highest BCUT2D eigenvalue weighted by molar-refractivity contribution is 5.68. The molecule has 0 unspecified atom stereocenters. The molecule has 1 heterocycles. The van der Waals surface area contributed by atoms with E-state index >= 15 is 0 Å². The molecule has 0 aromatic carbocycles. The van der Waals surface area contributed by atoms with Gasteiger partial charge in [0.15, 0.2) is 18.5 Å². The molecule has 136 valence electrons. The Balaban J connectivity index is 3.38. The molecule has 4 atom stereocenters. The van der Waals surface area contributed by atoms with Gasteiger partial charge in [0.2, 0.25) is 5.41 Å². The largest absolute Gasteiger partial charge is 0.463 e. The van der Waals surface area contributed by atoms with Gasteiger partial charge in [0.05, 0.1) is 12.1 Å². The summed E-state index contributed by atoms with van der Waals surface area (Å²) in [6, 6.07) is 3.49. The molecule has 1 aliphatic heterocycles. The lowest BCUT2D eigenvalue weighted by Crippen LogP contribution is -2.64. The molecule has 1 rings (SSSR count). The number of carbonyl (C=O) groups excluding carboxylic acids is 3. The number of hydrogen-bond donors (Lipinski definition) is 0. The van der Waals surface area contributed by atoms with Crippen molar-refractivity contribution in [3.05, 3.63) is 0 Å². The first-order valence-electron chi connectivity index (χ1n) is 7.20. The summed E-state index contributed by atoms with van der Waals surface area (Å²) in [5, 5.41) is 19.3. The SMILES string of the molecule is CO[C@@H]1O[C@H](COC(C)=O)[C@@H](OC(C)=O)C(C#N)(C#N)[C@H]1OC(C)=O. The van der Waals surface area contributed by atoms with Gasteiger partial charge in [0, 0.05) is 27.9 Å². The molecule has 0 aromatic rings. The maximum absolute atomic E-state index is 11.5. The normalized spacial score (nSPS) is 27.3. The van der Waals surface area contributed by atoms with Gasteiger partial charge < -0.3 is 23.7 Å². The zero-order valence-electron chi connectivity index (χ0n) is 14.2. The molecular weight excluding hydrogens is 336 g/mol. The first kappa shape index (κ1) is 20.4. The topological polar surface area (TPSA) is 145 Å². The molecule has 1 fully saturated rings. The number of carbonyl (C=O) groups is 3. The Morgan fingerprint density at radius 1 is 1.00 bits per heavy atom. The average molecular weight is 354 g/mol. The molecule has 0 aliphatic carbocycles. The van der Waals surface area contributed by atoms with E-state index in [1.165, 1.54) is 7.11 Å². The van der Waals surface area contributed by atoms with Crippen LogP contribution in [0.4, 0.5) is 0 Å². The predicted octanol–water partition coefficient (Wildman–Crippen LogP) is -0.182. The highest BCUT2D eigenvalue weighted by atomic mass is 16.7. The van der Waals surface area contributed by atoms with Gasteiger partial charge >= 0.3 is 17.9 Å². The third-order valence-electron chi connectivity index (χ3n) is 3.43. The Morgan fingerprint density at radius 2 is 1.52 bits per heavy atom. The van der Waals surface area contributed by atoms with Crippen LogP contribution in [0.25, 0.3) is 0 Å². The van der Waals surface area contributed by atoms with E-state index in [9.17, 15) is 24.9 Å². The van der Waals surface area contributed by atoms with Crippen LogP contribution in [0.1, 0.15) is 20.8 Å². The summed E-state index contributed by atoms with van der Waals surface area (Å²) in [6.45, 7) is 2.91. The highest BCUT2D eigenvalue weighted by Gasteiger charge is 2.62. The monoisotopic (exact) mass is 354 g/mol. The third-order valence-corrected chi connectivity index (χ3v) is 3.43. The van der Waals surface area contributed by atoms with Crippen molar-refractivity contribution in [2.75, 3.05) is 13.7 Å². The minimum absolute atomic E-state index is 0.398. The number of nitriles is 2. The minimum atomic E-state index is -2.12. The molecule has 0 aromatic heterocycles. The Labute approximate surface area is 144 Å². The molecule has 0 N–H and O–H groups in total. The number of nitrogens with zero attached hydrogens (tertiary/aromatic N) is 2. The lowest BCUT2D eigenvalue weighted by atomic mass is 9.74. The maximum atomic E-state index is 11.5. The van der Waals surface area contributed by atoms with E-state index in [0.29, 0.717) is 0 Å². The van der Waals surface area contributed by atoms with Gasteiger partial charge in [-0.2, -0.15) is 10.5 Å². The number of methoxy groups -OCH3 is 1. The van der Waals surface area contributed by atoms with E-state index in [1.54, 1.807) is 12.1 Å². The van der Waals surface area contributed by atoms with E-state index in [1.807, 2.05) is 0 Å². The van der Waals surface area contributed by atoms with Crippen molar-refractivity contribution < 1.29 is 38.1 Å². The Hall–Kier alpha value is -2.69. The van der Waals surface area contributed by atoms with Gasteiger partial charge in [0.25, 0.3) is 0 Å². The fourth-order valence-electron chi connectivity index (χ4n) is 2.44. The van der Waals surface area contributed by atoms with Crippen LogP contribution in [0.3, 0.4) is 0 Å². The van der Waals surface area contributed by atoms with Gasteiger partial charge in [-0.15, -0.1) is 0 Å². The fourth-order valence-corrected chi connectivity index (χ4v) is 2.44. The summed E-state index contributed by atoms with van der Waals surface area (Å²) in [5.41, 5.74) is -2.12. The molecule has 10 heteroatoms. The summed E-state index contributed by atoms with van der Waals surface area (Å²) >= 11 is 0. The van der Waals surface area contributed by atoms with Crippen molar-refractivity contribution in [2.45, 2.75) is 45.4 Å². The molecule has 0 saturated carbocycles. The molecule has 0 bridgehead atoms.